The van der Waals surface area contributed by atoms with Crippen LogP contribution in [-0.2, 0) is 6.54 Å². The smallest absolute Gasteiger partial charge is 0.406 e. The van der Waals surface area contributed by atoms with E-state index in [0.717, 1.165) is 0 Å². The molecule has 4 aromatic heterocycles. The molecule has 0 radical (unpaired) electrons. The summed E-state index contributed by atoms with van der Waals surface area (Å²) in [5.74, 6) is 0.478. The van der Waals surface area contributed by atoms with E-state index in [1.165, 1.54) is 38.0 Å². The molecule has 4 aromatic rings. The molecule has 0 bridgehead atoms. The molecule has 0 saturated carbocycles. The van der Waals surface area contributed by atoms with Gasteiger partial charge < -0.3 is 4.74 Å². The van der Waals surface area contributed by atoms with Crippen LogP contribution in [-0.4, -0.2) is 38.0 Å². The van der Waals surface area contributed by atoms with Gasteiger partial charge in [-0.25, -0.2) is 0 Å². The molecule has 0 aliphatic heterocycles. The molecular weight excluding hydrogens is 363 g/mol. The van der Waals surface area contributed by atoms with Crippen molar-refractivity contribution in [3.63, 3.8) is 0 Å². The fraction of sp³-hybridized carbons (Fsp3) is 0.176. The van der Waals surface area contributed by atoms with Gasteiger partial charge in [-0.15, -0.1) is 0 Å². The van der Waals surface area contributed by atoms with Crippen molar-refractivity contribution in [2.45, 2.75) is 12.7 Å². The molecule has 0 amide bonds. The largest absolute Gasteiger partial charge is 0.495 e. The van der Waals surface area contributed by atoms with Gasteiger partial charge in [-0.2, -0.15) is 18.3 Å². The number of hydrogen-bond acceptors (Lipinski definition) is 5. The predicted molar refractivity (Wildman–Crippen MR) is 91.5 cm³/mol. The van der Waals surface area contributed by atoms with Crippen LogP contribution in [0.2, 0.25) is 0 Å². The molecule has 0 atom stereocenters. The lowest BCUT2D eigenvalue weighted by Crippen LogP contribution is -2.28. The van der Waals surface area contributed by atoms with E-state index in [1.807, 2.05) is 0 Å². The summed E-state index contributed by atoms with van der Waals surface area (Å²) < 4.78 is 45.0. The molecule has 0 aliphatic carbocycles. The number of pyridine rings is 3. The first kappa shape index (κ1) is 17.0. The van der Waals surface area contributed by atoms with E-state index < -0.39 is 18.3 Å². The molecule has 0 saturated heterocycles. The first-order chi connectivity index (χ1) is 12.9. The lowest BCUT2D eigenvalue weighted by Gasteiger charge is -2.14. The summed E-state index contributed by atoms with van der Waals surface area (Å²) in [5.41, 5.74) is 0.581. The summed E-state index contributed by atoms with van der Waals surface area (Å²) in [6.07, 6.45) is 1.08. The molecule has 0 aliphatic rings. The zero-order chi connectivity index (χ0) is 19.2. The number of fused-ring (bicyclic) bond motifs is 3. The highest BCUT2D eigenvalue weighted by molar-refractivity contribution is 6.03. The highest BCUT2D eigenvalue weighted by atomic mass is 19.4. The minimum absolute atomic E-state index is 0.0735. The molecule has 0 fully saturated rings. The summed E-state index contributed by atoms with van der Waals surface area (Å²) in [6.45, 7) is -1.41. The number of aromatic amines is 1. The third kappa shape index (κ3) is 2.98. The van der Waals surface area contributed by atoms with Gasteiger partial charge in [-0.1, -0.05) is 0 Å². The van der Waals surface area contributed by atoms with Gasteiger partial charge in [0.1, 0.15) is 12.3 Å². The van der Waals surface area contributed by atoms with Crippen LogP contribution in [0.4, 0.5) is 13.2 Å². The Kier molecular flexibility index (Phi) is 3.83. The Bertz CT molecular complexity index is 1210. The highest BCUT2D eigenvalue weighted by Crippen LogP contribution is 2.28. The van der Waals surface area contributed by atoms with Crippen molar-refractivity contribution in [2.75, 3.05) is 7.11 Å². The van der Waals surface area contributed by atoms with Crippen molar-refractivity contribution in [3.05, 3.63) is 47.3 Å². The minimum atomic E-state index is -4.56. The van der Waals surface area contributed by atoms with E-state index in [1.54, 1.807) is 6.07 Å². The second-order valence-corrected chi connectivity index (χ2v) is 5.87. The topological polar surface area (TPSA) is 85.7 Å². The third-order valence-corrected chi connectivity index (χ3v) is 4.14. The van der Waals surface area contributed by atoms with E-state index in [4.69, 9.17) is 4.74 Å². The SMILES string of the molecule is COc1cncc(-c2cc3c(cn2)c2[nH]ncc2c(=O)n3CC(F)(F)F)c1. The Hall–Kier alpha value is -3.43. The molecule has 0 aromatic carbocycles. The van der Waals surface area contributed by atoms with Crippen LogP contribution >= 0.6 is 0 Å². The summed E-state index contributed by atoms with van der Waals surface area (Å²) in [6, 6.07) is 3.08. The summed E-state index contributed by atoms with van der Waals surface area (Å²) in [4.78, 5) is 20.9. The number of nitrogens with one attached hydrogen (secondary N) is 1. The number of halogens is 3. The van der Waals surface area contributed by atoms with Gasteiger partial charge in [-0.05, 0) is 12.1 Å². The third-order valence-electron chi connectivity index (χ3n) is 4.14. The molecule has 4 heterocycles. The van der Waals surface area contributed by atoms with E-state index >= 15 is 0 Å². The van der Waals surface area contributed by atoms with Gasteiger partial charge in [0.15, 0.2) is 0 Å². The number of aromatic nitrogens is 5. The Morgan fingerprint density at radius 2 is 1.96 bits per heavy atom. The van der Waals surface area contributed by atoms with Crippen LogP contribution in [0.5, 0.6) is 5.75 Å². The maximum Gasteiger partial charge on any atom is 0.406 e. The molecule has 1 N–H and O–H groups in total. The molecular formula is C17H12F3N5O2. The van der Waals surface area contributed by atoms with Crippen LogP contribution < -0.4 is 10.3 Å². The molecule has 27 heavy (non-hydrogen) atoms. The number of methoxy groups -OCH3 is 1. The van der Waals surface area contributed by atoms with E-state index in [2.05, 4.69) is 20.2 Å². The normalized spacial score (nSPS) is 12.0. The standard InChI is InChI=1S/C17H12F3N5O2/c1-27-10-2-9(4-21-5-10)13-3-14-11(6-22-13)15-12(7-23-24-15)16(26)25(14)8-17(18,19)20/h2-7H,8H2,1H3,(H,23,24). The second kappa shape index (κ2) is 6.08. The maximum absolute atomic E-state index is 13.1. The fourth-order valence-corrected chi connectivity index (χ4v) is 2.93. The van der Waals surface area contributed by atoms with Crippen molar-refractivity contribution in [3.8, 4) is 17.0 Å². The van der Waals surface area contributed by atoms with Crippen LogP contribution in [0.15, 0.2) is 41.7 Å². The Morgan fingerprint density at radius 3 is 2.70 bits per heavy atom. The monoisotopic (exact) mass is 375 g/mol. The predicted octanol–water partition coefficient (Wildman–Crippen LogP) is 2.91. The number of H-pyrrole nitrogens is 1. The van der Waals surface area contributed by atoms with E-state index in [-0.39, 0.29) is 10.9 Å². The van der Waals surface area contributed by atoms with Crippen LogP contribution in [0.3, 0.4) is 0 Å². The summed E-state index contributed by atoms with van der Waals surface area (Å²) >= 11 is 0. The van der Waals surface area contributed by atoms with Crippen LogP contribution in [0, 0.1) is 0 Å². The lowest BCUT2D eigenvalue weighted by molar-refractivity contribution is -0.140. The number of nitrogens with zero attached hydrogens (tertiary/aromatic N) is 4. The van der Waals surface area contributed by atoms with E-state index in [9.17, 15) is 18.0 Å². The molecule has 7 nitrogen and oxygen atoms in total. The first-order valence-electron chi connectivity index (χ1n) is 7.79. The Balaban J connectivity index is 2.02. The van der Waals surface area contributed by atoms with Crippen molar-refractivity contribution in [2.24, 2.45) is 0 Å². The second-order valence-electron chi connectivity index (χ2n) is 5.87. The lowest BCUT2D eigenvalue weighted by atomic mass is 10.1. The summed E-state index contributed by atoms with van der Waals surface area (Å²) in [5, 5.41) is 6.87. The van der Waals surface area contributed by atoms with Crippen molar-refractivity contribution in [1.82, 2.24) is 24.7 Å². The number of hydrogen-bond donors (Lipinski definition) is 1. The maximum atomic E-state index is 13.1. The van der Waals surface area contributed by atoms with E-state index in [0.29, 0.717) is 32.5 Å². The quantitative estimate of drug-likeness (QED) is 0.595. The van der Waals surface area contributed by atoms with Gasteiger partial charge in [0.05, 0.1) is 41.6 Å². The molecule has 138 valence electrons. The minimum Gasteiger partial charge on any atom is -0.495 e. The molecule has 4 rings (SSSR count). The van der Waals surface area contributed by atoms with Gasteiger partial charge in [0.25, 0.3) is 5.56 Å². The molecule has 0 spiro atoms. The van der Waals surface area contributed by atoms with Gasteiger partial charge in [0, 0.05) is 23.3 Å². The average Bonchev–Trinajstić information content (AvgIpc) is 3.14. The number of rotatable bonds is 3. The zero-order valence-corrected chi connectivity index (χ0v) is 13.9. The van der Waals surface area contributed by atoms with Gasteiger partial charge >= 0.3 is 6.18 Å². The van der Waals surface area contributed by atoms with Crippen LogP contribution in [0.1, 0.15) is 0 Å². The van der Waals surface area contributed by atoms with Crippen LogP contribution in [0.25, 0.3) is 33.1 Å². The number of alkyl halides is 3. The van der Waals surface area contributed by atoms with Crippen molar-refractivity contribution >= 4 is 21.8 Å². The average molecular weight is 375 g/mol. The summed E-state index contributed by atoms with van der Waals surface area (Å²) in [7, 11) is 1.48. The number of ether oxygens (including phenoxy) is 1. The fourth-order valence-electron chi connectivity index (χ4n) is 2.93. The van der Waals surface area contributed by atoms with Gasteiger partial charge in [-0.3, -0.25) is 24.4 Å². The Morgan fingerprint density at radius 1 is 1.15 bits per heavy atom. The Labute approximate surface area is 149 Å². The molecule has 0 unspecified atom stereocenters. The zero-order valence-electron chi connectivity index (χ0n) is 13.9. The molecule has 10 heteroatoms. The highest BCUT2D eigenvalue weighted by Gasteiger charge is 2.30. The van der Waals surface area contributed by atoms with Gasteiger partial charge in [0.2, 0.25) is 0 Å². The van der Waals surface area contributed by atoms with Crippen molar-refractivity contribution < 1.29 is 17.9 Å². The first-order valence-corrected chi connectivity index (χ1v) is 7.79. The van der Waals surface area contributed by atoms with Crippen molar-refractivity contribution in [1.29, 1.82) is 0 Å².